The van der Waals surface area contributed by atoms with Crippen LogP contribution >= 0.6 is 0 Å². The van der Waals surface area contributed by atoms with Gasteiger partial charge in [-0.05, 0) is 0 Å². The predicted octanol–water partition coefficient (Wildman–Crippen LogP) is -2.88. The van der Waals surface area contributed by atoms with Gasteiger partial charge in [0.15, 0.2) is 0 Å². The van der Waals surface area contributed by atoms with Crippen molar-refractivity contribution in [2.45, 2.75) is 0 Å². The van der Waals surface area contributed by atoms with Gasteiger partial charge >= 0.3 is 77.8 Å². The first-order valence-corrected chi connectivity index (χ1v) is 4.09. The van der Waals surface area contributed by atoms with E-state index >= 15 is 0 Å². The van der Waals surface area contributed by atoms with Crippen LogP contribution in [0.25, 0.3) is 0 Å². The van der Waals surface area contributed by atoms with Gasteiger partial charge in [0.25, 0.3) is 0 Å². The van der Waals surface area contributed by atoms with Gasteiger partial charge in [0.2, 0.25) is 0 Å². The van der Waals surface area contributed by atoms with E-state index in [0.717, 1.165) is 0 Å². The molecule has 0 N–H and O–H groups in total. The first-order valence-electron chi connectivity index (χ1n) is 0.500. The summed E-state index contributed by atoms with van der Waals surface area (Å²) in [6.45, 7) is 0. The summed E-state index contributed by atoms with van der Waals surface area (Å²) in [5, 5.41) is 0. The zero-order chi connectivity index (χ0) is 3.58. The van der Waals surface area contributed by atoms with Crippen LogP contribution in [-0.2, 0) is 21.4 Å². The number of hydrogen-bond acceptors (Lipinski definition) is 3. The fraction of sp³-hybridized carbons (Fsp3) is 0. The molecule has 0 aromatic rings. The first kappa shape index (κ1) is 10.1. The molecule has 0 aliphatic rings. The van der Waals surface area contributed by atoms with Crippen LogP contribution in [0.15, 0.2) is 0 Å². The molecular weight excluding hydrogens is 369 g/mol. The topological polar surface area (TPSA) is 63.2 Å². The van der Waals surface area contributed by atoms with Crippen molar-refractivity contribution < 1.29 is 29.0 Å². The quantitative estimate of drug-likeness (QED) is 0.431. The average Bonchev–Trinajstić information content (AvgIpc) is 0.811. The SMILES string of the molecule is [Ba+2].[O]=[W]([O-])[O-]. The van der Waals surface area contributed by atoms with Gasteiger partial charge in [-0.15, -0.1) is 0 Å². The standard InChI is InChI=1S/Ba.3O.W/q+2;;2*-1;. The van der Waals surface area contributed by atoms with E-state index < -0.39 is 18.0 Å². The Balaban J connectivity index is 0. The molecule has 5 heteroatoms. The molecule has 0 rings (SSSR count). The van der Waals surface area contributed by atoms with Crippen molar-refractivity contribution >= 4 is 48.9 Å². The van der Waals surface area contributed by atoms with Crippen molar-refractivity contribution in [2.75, 3.05) is 0 Å². The summed E-state index contributed by atoms with van der Waals surface area (Å²) in [6, 6.07) is 0. The summed E-state index contributed by atoms with van der Waals surface area (Å²) < 4.78 is 25.8. The molecule has 0 bridgehead atoms. The molecule has 3 nitrogen and oxygen atoms in total. The number of hydrogen-bond donors (Lipinski definition) is 0. The van der Waals surface area contributed by atoms with Crippen molar-refractivity contribution in [1.29, 1.82) is 0 Å². The van der Waals surface area contributed by atoms with Crippen molar-refractivity contribution in [3.63, 3.8) is 0 Å². The second kappa shape index (κ2) is 5.98. The van der Waals surface area contributed by atoms with Crippen LogP contribution in [0, 0.1) is 0 Å². The molecule has 5 heavy (non-hydrogen) atoms. The van der Waals surface area contributed by atoms with E-state index in [1.165, 1.54) is 0 Å². The van der Waals surface area contributed by atoms with Crippen LogP contribution < -0.4 is 7.52 Å². The Morgan fingerprint density at radius 3 is 1.40 bits per heavy atom. The summed E-state index contributed by atoms with van der Waals surface area (Å²) in [5.74, 6) is 0. The fourth-order valence-electron chi connectivity index (χ4n) is 0. The number of rotatable bonds is 0. The van der Waals surface area contributed by atoms with E-state index in [9.17, 15) is 0 Å². The van der Waals surface area contributed by atoms with E-state index in [2.05, 4.69) is 0 Å². The average molecular weight is 369 g/mol. The third-order valence-corrected chi connectivity index (χ3v) is 0. The van der Waals surface area contributed by atoms with Gasteiger partial charge in [0.05, 0.1) is 0 Å². The molecule has 0 aromatic carbocycles. The van der Waals surface area contributed by atoms with Crippen molar-refractivity contribution in [3.8, 4) is 0 Å². The second-order valence-electron chi connectivity index (χ2n) is 0.204. The Morgan fingerprint density at radius 2 is 1.40 bits per heavy atom. The maximum absolute atomic E-state index is 8.61. The van der Waals surface area contributed by atoms with E-state index in [0.29, 0.717) is 0 Å². The molecule has 0 spiro atoms. The molecule has 0 aromatic heterocycles. The molecule has 0 heterocycles. The molecule has 26 valence electrons. The minimum atomic E-state index is -4.28. The van der Waals surface area contributed by atoms with Crippen molar-refractivity contribution in [2.24, 2.45) is 0 Å². The molecule has 0 unspecified atom stereocenters. The normalized spacial score (nSPS) is 7.00. The van der Waals surface area contributed by atoms with Crippen molar-refractivity contribution in [1.82, 2.24) is 0 Å². The third-order valence-electron chi connectivity index (χ3n) is 0. The van der Waals surface area contributed by atoms with Crippen LogP contribution in [0.1, 0.15) is 0 Å². The van der Waals surface area contributed by atoms with Crippen LogP contribution in [0.2, 0.25) is 0 Å². The maximum atomic E-state index is 8.61. The molecular formula is BaO3W. The summed E-state index contributed by atoms with van der Waals surface area (Å²) in [4.78, 5) is 0. The van der Waals surface area contributed by atoms with Crippen LogP contribution in [-0.4, -0.2) is 48.9 Å². The van der Waals surface area contributed by atoms with E-state index in [-0.39, 0.29) is 48.9 Å². The van der Waals surface area contributed by atoms with Gasteiger partial charge in [-0.1, -0.05) is 0 Å². The zero-order valence-corrected chi connectivity index (χ0v) is 9.71. The first-order chi connectivity index (χ1) is 1.73. The second-order valence-corrected chi connectivity index (χ2v) is 1.67. The molecule has 0 fully saturated rings. The molecule has 0 atom stereocenters. The molecule has 0 aliphatic carbocycles. The molecule has 0 amide bonds. The third kappa shape index (κ3) is 24.2. The molecule has 0 saturated carbocycles. The van der Waals surface area contributed by atoms with Gasteiger partial charge in [0.1, 0.15) is 0 Å². The van der Waals surface area contributed by atoms with E-state index in [4.69, 9.17) is 10.9 Å². The Bertz CT molecular complexity index is 29.9. The van der Waals surface area contributed by atoms with Crippen LogP contribution in [0.4, 0.5) is 0 Å². The Morgan fingerprint density at radius 1 is 1.40 bits per heavy atom. The summed E-state index contributed by atoms with van der Waals surface area (Å²) in [6.07, 6.45) is 0. The Kier molecular flexibility index (Phi) is 12.0. The summed E-state index contributed by atoms with van der Waals surface area (Å²) in [5.41, 5.74) is 0. The van der Waals surface area contributed by atoms with Crippen LogP contribution in [0.3, 0.4) is 0 Å². The van der Waals surface area contributed by atoms with Gasteiger partial charge in [-0.25, -0.2) is 0 Å². The summed E-state index contributed by atoms with van der Waals surface area (Å²) in [7, 11) is 0. The van der Waals surface area contributed by atoms with Crippen LogP contribution in [0.5, 0.6) is 0 Å². The van der Waals surface area contributed by atoms with Crippen molar-refractivity contribution in [3.05, 3.63) is 0 Å². The predicted molar refractivity (Wildman–Crippen MR) is 6.44 cm³/mol. The molecule has 0 radical (unpaired) electrons. The van der Waals surface area contributed by atoms with Gasteiger partial charge in [-0.2, -0.15) is 0 Å². The molecule has 0 saturated heterocycles. The van der Waals surface area contributed by atoms with Gasteiger partial charge in [-0.3, -0.25) is 0 Å². The monoisotopic (exact) mass is 370 g/mol. The van der Waals surface area contributed by atoms with Gasteiger partial charge < -0.3 is 0 Å². The fourth-order valence-corrected chi connectivity index (χ4v) is 0. The minimum absolute atomic E-state index is 0. The zero-order valence-electron chi connectivity index (χ0n) is 2.34. The van der Waals surface area contributed by atoms with E-state index in [1.54, 1.807) is 0 Å². The van der Waals surface area contributed by atoms with E-state index in [1.807, 2.05) is 0 Å². The molecule has 0 aliphatic heterocycles. The van der Waals surface area contributed by atoms with Gasteiger partial charge in [0, 0.05) is 0 Å². The summed E-state index contributed by atoms with van der Waals surface area (Å²) >= 11 is -4.28. The Labute approximate surface area is 76.2 Å². The Hall–Kier alpha value is 1.98.